The molecule has 0 aliphatic rings. The van der Waals surface area contributed by atoms with Gasteiger partial charge < -0.3 is 8.98 Å². The Morgan fingerprint density at radius 3 is 1.43 bits per heavy atom. The van der Waals surface area contributed by atoms with Crippen molar-refractivity contribution in [3.63, 3.8) is 0 Å². The average molecular weight is 833 g/mol. The fourth-order valence-corrected chi connectivity index (χ4v) is 9.39. The molecule has 13 rings (SSSR count). The SMILES string of the molecule is c1ccc(-c2cc(-c3ccccc3)cc(-c3nc(-c4ccccc4)nc(-n4c5ccccc5c5ccc6c7ccccc7n(-c7ccc(-c8nc9ccccc9o8)cc7)c6c54)n3)c2)cc1. The normalized spacial score (nSPS) is 11.7. The standard InChI is InChI=1S/C58H36N6O/c1-4-16-37(17-5-1)41-34-42(38-18-6-2-7-19-38)36-43(35-41)56-60-55(39-20-8-3-9-21-39)61-58(62-56)64-51-26-14-11-23-46(51)48-33-32-47-45-22-10-13-25-50(45)63(53(47)54(48)64)44-30-28-40(29-31-44)57-59-49-24-12-15-27-52(49)65-57/h1-36H. The minimum absolute atomic E-state index is 0.530. The summed E-state index contributed by atoms with van der Waals surface area (Å²) in [5, 5.41) is 4.48. The minimum Gasteiger partial charge on any atom is -0.436 e. The molecule has 0 radical (unpaired) electrons. The smallest absolute Gasteiger partial charge is 0.238 e. The Labute approximate surface area is 373 Å². The van der Waals surface area contributed by atoms with Gasteiger partial charge in [-0.25, -0.2) is 9.97 Å². The van der Waals surface area contributed by atoms with Crippen molar-refractivity contribution in [3.05, 3.63) is 218 Å². The highest BCUT2D eigenvalue weighted by atomic mass is 16.3. The van der Waals surface area contributed by atoms with Crippen molar-refractivity contribution in [2.24, 2.45) is 0 Å². The average Bonchev–Trinajstić information content (AvgIpc) is 4.08. The van der Waals surface area contributed by atoms with Crippen LogP contribution in [0.15, 0.2) is 223 Å². The molecular weight excluding hydrogens is 797 g/mol. The fraction of sp³-hybridized carbons (Fsp3) is 0. The molecule has 65 heavy (non-hydrogen) atoms. The largest absolute Gasteiger partial charge is 0.436 e. The zero-order valence-corrected chi connectivity index (χ0v) is 34.9. The zero-order valence-electron chi connectivity index (χ0n) is 34.9. The van der Waals surface area contributed by atoms with Crippen LogP contribution in [-0.4, -0.2) is 29.1 Å². The van der Waals surface area contributed by atoms with Gasteiger partial charge in [-0.15, -0.1) is 0 Å². The number of hydrogen-bond donors (Lipinski definition) is 0. The van der Waals surface area contributed by atoms with Gasteiger partial charge in [0.2, 0.25) is 11.8 Å². The van der Waals surface area contributed by atoms with E-state index in [-0.39, 0.29) is 0 Å². The van der Waals surface area contributed by atoms with Crippen molar-refractivity contribution in [1.82, 2.24) is 29.1 Å². The summed E-state index contributed by atoms with van der Waals surface area (Å²) in [5.41, 5.74) is 13.8. The van der Waals surface area contributed by atoms with E-state index in [9.17, 15) is 0 Å². The van der Waals surface area contributed by atoms with Gasteiger partial charge in [-0.2, -0.15) is 9.97 Å². The monoisotopic (exact) mass is 832 g/mol. The van der Waals surface area contributed by atoms with Crippen LogP contribution < -0.4 is 0 Å². The molecule has 304 valence electrons. The van der Waals surface area contributed by atoms with Crippen LogP contribution in [0, 0.1) is 0 Å². The Kier molecular flexibility index (Phi) is 8.39. The van der Waals surface area contributed by atoms with Crippen LogP contribution in [0.5, 0.6) is 0 Å². The summed E-state index contributed by atoms with van der Waals surface area (Å²) >= 11 is 0. The number of hydrogen-bond acceptors (Lipinski definition) is 5. The second kappa shape index (κ2) is 14.9. The summed E-state index contributed by atoms with van der Waals surface area (Å²) in [4.78, 5) is 20.9. The molecule has 0 atom stereocenters. The molecule has 0 fully saturated rings. The molecule has 0 amide bonds. The summed E-state index contributed by atoms with van der Waals surface area (Å²) < 4.78 is 10.8. The van der Waals surface area contributed by atoms with Gasteiger partial charge in [-0.1, -0.05) is 152 Å². The van der Waals surface area contributed by atoms with E-state index in [0.29, 0.717) is 23.5 Å². The van der Waals surface area contributed by atoms with Crippen LogP contribution in [0.2, 0.25) is 0 Å². The number of benzene rings is 9. The van der Waals surface area contributed by atoms with Crippen LogP contribution in [0.3, 0.4) is 0 Å². The highest BCUT2D eigenvalue weighted by molar-refractivity contribution is 6.23. The molecule has 0 saturated carbocycles. The second-order valence-corrected chi connectivity index (χ2v) is 16.3. The number of fused-ring (bicyclic) bond motifs is 8. The van der Waals surface area contributed by atoms with Gasteiger partial charge in [0.25, 0.3) is 0 Å². The number of oxazole rings is 1. The van der Waals surface area contributed by atoms with Crippen molar-refractivity contribution in [2.45, 2.75) is 0 Å². The van der Waals surface area contributed by atoms with E-state index in [4.69, 9.17) is 24.4 Å². The fourth-order valence-electron chi connectivity index (χ4n) is 9.39. The third-order valence-electron chi connectivity index (χ3n) is 12.4. The molecule has 7 nitrogen and oxygen atoms in total. The predicted octanol–water partition coefficient (Wildman–Crippen LogP) is 14.5. The van der Waals surface area contributed by atoms with Gasteiger partial charge in [0.15, 0.2) is 17.2 Å². The molecular formula is C58H36N6O. The molecule has 0 saturated heterocycles. The molecule has 13 aromatic rings. The summed E-state index contributed by atoms with van der Waals surface area (Å²) in [6.45, 7) is 0. The zero-order chi connectivity index (χ0) is 42.8. The van der Waals surface area contributed by atoms with E-state index in [1.807, 2.05) is 54.6 Å². The van der Waals surface area contributed by atoms with E-state index in [1.54, 1.807) is 0 Å². The first-order valence-electron chi connectivity index (χ1n) is 21.7. The Morgan fingerprint density at radius 2 is 0.815 bits per heavy atom. The first-order valence-corrected chi connectivity index (χ1v) is 21.7. The van der Waals surface area contributed by atoms with Crippen LogP contribution in [-0.2, 0) is 0 Å². The number of aromatic nitrogens is 6. The lowest BCUT2D eigenvalue weighted by atomic mass is 9.96. The summed E-state index contributed by atoms with van der Waals surface area (Å²) in [7, 11) is 0. The predicted molar refractivity (Wildman–Crippen MR) is 263 cm³/mol. The highest BCUT2D eigenvalue weighted by Gasteiger charge is 2.24. The maximum Gasteiger partial charge on any atom is 0.238 e. The van der Waals surface area contributed by atoms with Gasteiger partial charge >= 0.3 is 0 Å². The third-order valence-corrected chi connectivity index (χ3v) is 12.4. The van der Waals surface area contributed by atoms with Gasteiger partial charge in [-0.3, -0.25) is 4.57 Å². The molecule has 0 unspecified atom stereocenters. The Balaban J connectivity index is 1.09. The summed E-state index contributed by atoms with van der Waals surface area (Å²) in [6.07, 6.45) is 0. The molecule has 4 heterocycles. The van der Waals surface area contributed by atoms with Crippen LogP contribution in [0.1, 0.15) is 0 Å². The van der Waals surface area contributed by atoms with E-state index in [0.717, 1.165) is 99.3 Å². The van der Waals surface area contributed by atoms with Crippen molar-refractivity contribution < 1.29 is 4.42 Å². The number of para-hydroxylation sites is 4. The maximum atomic E-state index is 6.18. The summed E-state index contributed by atoms with van der Waals surface area (Å²) in [5.74, 6) is 2.29. The molecule has 0 aliphatic heterocycles. The van der Waals surface area contributed by atoms with Crippen LogP contribution in [0.25, 0.3) is 123 Å². The van der Waals surface area contributed by atoms with E-state index >= 15 is 0 Å². The van der Waals surface area contributed by atoms with E-state index in [1.165, 1.54) is 0 Å². The Hall–Kier alpha value is -8.94. The first kappa shape index (κ1) is 36.7. The quantitative estimate of drug-likeness (QED) is 0.160. The maximum absolute atomic E-state index is 6.18. The lowest BCUT2D eigenvalue weighted by Gasteiger charge is -2.14. The minimum atomic E-state index is 0.530. The first-order chi connectivity index (χ1) is 32.2. The van der Waals surface area contributed by atoms with Crippen molar-refractivity contribution in [2.75, 3.05) is 0 Å². The Morgan fingerprint density at radius 1 is 0.323 bits per heavy atom. The van der Waals surface area contributed by atoms with Crippen LogP contribution >= 0.6 is 0 Å². The lowest BCUT2D eigenvalue weighted by Crippen LogP contribution is -2.07. The van der Waals surface area contributed by atoms with Gasteiger partial charge in [0.05, 0.1) is 22.1 Å². The second-order valence-electron chi connectivity index (χ2n) is 16.3. The highest BCUT2D eigenvalue weighted by Crippen LogP contribution is 2.42. The molecule has 0 aliphatic carbocycles. The molecule has 9 aromatic carbocycles. The van der Waals surface area contributed by atoms with Crippen molar-refractivity contribution >= 4 is 54.7 Å². The number of nitrogens with zero attached hydrogens (tertiary/aromatic N) is 6. The molecule has 0 bridgehead atoms. The number of rotatable bonds is 7. The Bertz CT molecular complexity index is 3840. The summed E-state index contributed by atoms with van der Waals surface area (Å²) in [6, 6.07) is 75.9. The van der Waals surface area contributed by atoms with Gasteiger partial charge in [0, 0.05) is 43.9 Å². The van der Waals surface area contributed by atoms with Crippen LogP contribution in [0.4, 0.5) is 0 Å². The molecule has 0 N–H and O–H groups in total. The van der Waals surface area contributed by atoms with Gasteiger partial charge in [-0.05, 0) is 89.0 Å². The van der Waals surface area contributed by atoms with Crippen molar-refractivity contribution in [3.8, 4) is 68.1 Å². The van der Waals surface area contributed by atoms with E-state index in [2.05, 4.69) is 173 Å². The van der Waals surface area contributed by atoms with E-state index < -0.39 is 0 Å². The molecule has 4 aromatic heterocycles. The van der Waals surface area contributed by atoms with Gasteiger partial charge in [0.1, 0.15) is 5.52 Å². The lowest BCUT2D eigenvalue weighted by molar-refractivity contribution is 0.620. The molecule has 0 spiro atoms. The van der Waals surface area contributed by atoms with Crippen molar-refractivity contribution in [1.29, 1.82) is 0 Å². The third kappa shape index (κ3) is 6.13. The molecule has 7 heteroatoms. The topological polar surface area (TPSA) is 74.6 Å².